The Bertz CT molecular complexity index is 1490. The van der Waals surface area contributed by atoms with Crippen molar-refractivity contribution in [1.29, 1.82) is 0 Å². The van der Waals surface area contributed by atoms with Gasteiger partial charge in [0.15, 0.2) is 5.88 Å². The molecule has 0 spiro atoms. The van der Waals surface area contributed by atoms with Gasteiger partial charge in [-0.2, -0.15) is 0 Å². The monoisotopic (exact) mass is 653 g/mol. The Hall–Kier alpha value is -2.16. The molecule has 0 N–H and O–H groups in total. The molecule has 2 aliphatic rings. The highest BCUT2D eigenvalue weighted by atomic mass is 35.5. The fourth-order valence-electron chi connectivity index (χ4n) is 6.67. The maximum Gasteiger partial charge on any atom is 0.169 e. The molecule has 3 aromatic rings. The highest BCUT2D eigenvalue weighted by molar-refractivity contribution is 8.05. The standard InChI is InChI=1S/C43H56ClNS/c1-14-27-16-15-17-37-39(27)46-26-45(37)38-35(28-18-30(40(2,3)4)22-31(19-28)41(5,6)7)24-34(44)25-36(38)29-20-32(42(8,9)10)23-33(21-29)43(11,12)13/h18-25,27H,14-17H2,1-13H3. The van der Waals surface area contributed by atoms with E-state index in [9.17, 15) is 0 Å². The van der Waals surface area contributed by atoms with Crippen molar-refractivity contribution < 1.29 is 0 Å². The molecule has 0 amide bonds. The largest absolute Gasteiger partial charge is 0.321 e. The molecule has 0 bridgehead atoms. The second-order valence-corrected chi connectivity index (χ2v) is 19.0. The van der Waals surface area contributed by atoms with Crippen molar-refractivity contribution in [3.05, 3.63) is 92.3 Å². The van der Waals surface area contributed by atoms with Crippen molar-refractivity contribution in [1.82, 2.24) is 0 Å². The molecule has 1 aliphatic carbocycles. The number of halogens is 1. The van der Waals surface area contributed by atoms with Crippen LogP contribution >= 0.6 is 23.4 Å². The lowest BCUT2D eigenvalue weighted by atomic mass is 9.77. The fraction of sp³-hybridized carbons (Fsp3) is 0.512. The van der Waals surface area contributed by atoms with Gasteiger partial charge in [0.1, 0.15) is 0 Å². The quantitative estimate of drug-likeness (QED) is 0.276. The summed E-state index contributed by atoms with van der Waals surface area (Å²) in [5, 5.41) is 0.766. The van der Waals surface area contributed by atoms with E-state index < -0.39 is 0 Å². The molecule has 3 heteroatoms. The van der Waals surface area contributed by atoms with Crippen LogP contribution in [0.2, 0.25) is 5.02 Å². The summed E-state index contributed by atoms with van der Waals surface area (Å²) in [6.45, 7) is 30.1. The summed E-state index contributed by atoms with van der Waals surface area (Å²) in [4.78, 5) is 3.95. The molecule has 1 atom stereocenters. The molecular weight excluding hydrogens is 598 g/mol. The number of anilines is 1. The molecular formula is C43H56ClNS. The average Bonchev–Trinajstić information content (AvgIpc) is 3.38. The van der Waals surface area contributed by atoms with Gasteiger partial charge in [0.05, 0.1) is 5.69 Å². The summed E-state index contributed by atoms with van der Waals surface area (Å²) in [7, 11) is 0. The number of allylic oxidation sites excluding steroid dienone is 2. The fourth-order valence-corrected chi connectivity index (χ4v) is 8.04. The third kappa shape index (κ3) is 7.14. The van der Waals surface area contributed by atoms with Gasteiger partial charge in [0.25, 0.3) is 0 Å². The Morgan fingerprint density at radius 3 is 1.46 bits per heavy atom. The van der Waals surface area contributed by atoms with Crippen molar-refractivity contribution in [3.63, 3.8) is 0 Å². The first-order chi connectivity index (χ1) is 21.2. The summed E-state index contributed by atoms with van der Waals surface area (Å²) >= 11 is 9.00. The van der Waals surface area contributed by atoms with E-state index in [1.54, 1.807) is 0 Å². The summed E-state index contributed by atoms with van der Waals surface area (Å²) in [6, 6.07) is 18.9. The van der Waals surface area contributed by atoms with E-state index in [2.05, 4.69) is 149 Å². The molecule has 5 rings (SSSR count). The smallest absolute Gasteiger partial charge is 0.169 e. The number of hydrogen-bond acceptors (Lipinski definition) is 2. The minimum Gasteiger partial charge on any atom is -0.321 e. The molecule has 0 saturated heterocycles. The topological polar surface area (TPSA) is 3.24 Å². The normalized spacial score (nSPS) is 18.0. The van der Waals surface area contributed by atoms with Gasteiger partial charge < -0.3 is 4.90 Å². The highest BCUT2D eigenvalue weighted by Crippen LogP contribution is 2.54. The lowest BCUT2D eigenvalue weighted by molar-refractivity contribution is 0.505. The minimum absolute atomic E-state index is 0.00931. The molecule has 0 fully saturated rings. The predicted molar refractivity (Wildman–Crippen MR) is 205 cm³/mol. The first-order valence-corrected chi connectivity index (χ1v) is 18.5. The molecule has 246 valence electrons. The Morgan fingerprint density at radius 1 is 0.674 bits per heavy atom. The zero-order valence-electron chi connectivity index (χ0n) is 30.8. The molecule has 0 aromatic heterocycles. The van der Waals surface area contributed by atoms with E-state index in [0.717, 1.165) is 11.4 Å². The highest BCUT2D eigenvalue weighted by Gasteiger charge is 2.36. The summed E-state index contributed by atoms with van der Waals surface area (Å²) in [5.41, 5.74) is 12.9. The molecule has 2 radical (unpaired) electrons. The van der Waals surface area contributed by atoms with Crippen LogP contribution < -0.4 is 4.90 Å². The van der Waals surface area contributed by atoms with Crippen LogP contribution in [0.15, 0.2) is 59.1 Å². The predicted octanol–water partition coefficient (Wildman–Crippen LogP) is 13.8. The van der Waals surface area contributed by atoms with Gasteiger partial charge in [0.2, 0.25) is 0 Å². The second-order valence-electron chi connectivity index (χ2n) is 17.8. The van der Waals surface area contributed by atoms with Crippen LogP contribution in [0.5, 0.6) is 0 Å². The van der Waals surface area contributed by atoms with Crippen LogP contribution in [-0.4, -0.2) is 0 Å². The Kier molecular flexibility index (Phi) is 9.46. The lowest BCUT2D eigenvalue weighted by Gasteiger charge is -2.32. The number of thioether (sulfide) groups is 1. The van der Waals surface area contributed by atoms with Gasteiger partial charge in [-0.05, 0) is 98.8 Å². The van der Waals surface area contributed by atoms with Gasteiger partial charge in [0, 0.05) is 26.8 Å². The van der Waals surface area contributed by atoms with Gasteiger partial charge in [-0.1, -0.05) is 150 Å². The molecule has 1 unspecified atom stereocenters. The first-order valence-electron chi connectivity index (χ1n) is 17.3. The third-order valence-electron chi connectivity index (χ3n) is 9.88. The third-order valence-corrected chi connectivity index (χ3v) is 11.2. The molecule has 1 nitrogen and oxygen atoms in total. The van der Waals surface area contributed by atoms with E-state index in [-0.39, 0.29) is 21.7 Å². The number of nitrogens with zero attached hydrogens (tertiary/aromatic N) is 1. The summed E-state index contributed by atoms with van der Waals surface area (Å²) < 4.78 is 0. The summed E-state index contributed by atoms with van der Waals surface area (Å²) in [5.74, 6) is 4.44. The minimum atomic E-state index is 0.00931. The van der Waals surface area contributed by atoms with Crippen molar-refractivity contribution in [2.45, 2.75) is 137 Å². The van der Waals surface area contributed by atoms with Gasteiger partial charge in [-0.15, -0.1) is 0 Å². The Morgan fingerprint density at radius 2 is 1.09 bits per heavy atom. The van der Waals surface area contributed by atoms with Crippen molar-refractivity contribution in [2.75, 3.05) is 4.90 Å². The van der Waals surface area contributed by atoms with E-state index in [0.29, 0.717) is 5.92 Å². The average molecular weight is 654 g/mol. The van der Waals surface area contributed by atoms with E-state index in [4.69, 9.17) is 11.6 Å². The Balaban J connectivity index is 1.89. The van der Waals surface area contributed by atoms with E-state index in [1.807, 2.05) is 11.8 Å². The van der Waals surface area contributed by atoms with Crippen LogP contribution in [0.25, 0.3) is 22.3 Å². The number of hydrogen-bond donors (Lipinski definition) is 0. The van der Waals surface area contributed by atoms with Crippen LogP contribution in [0.4, 0.5) is 5.69 Å². The van der Waals surface area contributed by atoms with Gasteiger partial charge in [-0.25, -0.2) is 0 Å². The molecule has 1 aliphatic heterocycles. The van der Waals surface area contributed by atoms with E-state index in [1.165, 1.54) is 80.1 Å². The maximum atomic E-state index is 7.17. The van der Waals surface area contributed by atoms with Crippen molar-refractivity contribution >= 4 is 29.1 Å². The Labute approximate surface area is 290 Å². The summed E-state index contributed by atoms with van der Waals surface area (Å²) in [6.07, 6.45) is 4.74. The molecule has 1 heterocycles. The second kappa shape index (κ2) is 12.4. The SMILES string of the molecule is CCC1CCCC2=C1S[C]N2c1c(-c2cc(C(C)(C)C)cc(C(C)(C)C)c2)cc(Cl)cc1-c1cc(C(C)(C)C)cc(C(C)(C)C)c1. The zero-order chi connectivity index (χ0) is 34.0. The van der Waals surface area contributed by atoms with Crippen molar-refractivity contribution in [2.24, 2.45) is 5.92 Å². The van der Waals surface area contributed by atoms with Crippen LogP contribution in [0.1, 0.15) is 138 Å². The maximum absolute atomic E-state index is 7.17. The van der Waals surface area contributed by atoms with Gasteiger partial charge >= 0.3 is 0 Å². The van der Waals surface area contributed by atoms with Crippen LogP contribution in [0.3, 0.4) is 0 Å². The van der Waals surface area contributed by atoms with Gasteiger partial charge in [-0.3, -0.25) is 0 Å². The lowest BCUT2D eigenvalue weighted by Crippen LogP contribution is -2.21. The number of benzene rings is 3. The number of rotatable bonds is 4. The zero-order valence-corrected chi connectivity index (χ0v) is 32.3. The molecule has 3 aromatic carbocycles. The molecule has 0 saturated carbocycles. The van der Waals surface area contributed by atoms with Crippen LogP contribution in [-0.2, 0) is 21.7 Å². The van der Waals surface area contributed by atoms with Crippen molar-refractivity contribution in [3.8, 4) is 22.3 Å². The van der Waals surface area contributed by atoms with Crippen LogP contribution in [0, 0.1) is 11.8 Å². The molecule has 46 heavy (non-hydrogen) atoms. The first kappa shape index (κ1) is 35.2. The van der Waals surface area contributed by atoms with E-state index >= 15 is 0 Å².